The largest absolute Gasteiger partial charge is 1.00 e. The molecule has 0 saturated carbocycles. The number of hydrogen-bond donors (Lipinski definition) is 3. The van der Waals surface area contributed by atoms with E-state index < -0.39 is 0 Å². The minimum atomic E-state index is -0.0307. The first-order valence-corrected chi connectivity index (χ1v) is 13.7. The van der Waals surface area contributed by atoms with E-state index in [-0.39, 0.29) is 60.9 Å². The van der Waals surface area contributed by atoms with Crippen molar-refractivity contribution in [3.05, 3.63) is 96.6 Å². The summed E-state index contributed by atoms with van der Waals surface area (Å²) < 4.78 is 24.6. The molecule has 0 spiro atoms. The van der Waals surface area contributed by atoms with Crippen molar-refractivity contribution in [3.8, 4) is 23.0 Å². The zero-order chi connectivity index (χ0) is 33.5. The number of carbonyl (C=O) groups excluding carboxylic acids is 1. The summed E-state index contributed by atoms with van der Waals surface area (Å²) in [6, 6.07) is 8.76. The van der Waals surface area contributed by atoms with Crippen molar-refractivity contribution < 1.29 is 69.7 Å². The maximum atomic E-state index is 10.3. The first-order valence-electron chi connectivity index (χ1n) is 13.7. The number of nitrogens with zero attached hydrogens (tertiary/aromatic N) is 4. The van der Waals surface area contributed by atoms with Crippen LogP contribution in [-0.4, -0.2) is 93.6 Å². The molecule has 267 valence electrons. The van der Waals surface area contributed by atoms with Crippen LogP contribution in [0.25, 0.3) is 0 Å². The van der Waals surface area contributed by atoms with Crippen LogP contribution in [0.2, 0.25) is 0 Å². The molecule has 0 amide bonds. The number of methoxy groups -OCH3 is 4. The average molecular weight is 695 g/mol. The van der Waals surface area contributed by atoms with E-state index in [1.54, 1.807) is 95.0 Å². The SMILES string of the molecule is C.C.C1CCOC1.CO.COc1ccncc1.COc1ccncc1C=O.COc1ccncc1CN.COc1ccncc1CO.[B].[H-].[Na+]. The molecular formula is C34H54BN5NaO8. The Balaban J connectivity index is -0.000000118. The van der Waals surface area contributed by atoms with E-state index in [4.69, 9.17) is 39.6 Å². The van der Waals surface area contributed by atoms with Gasteiger partial charge in [0.05, 0.1) is 40.6 Å². The van der Waals surface area contributed by atoms with Gasteiger partial charge in [-0.1, -0.05) is 14.9 Å². The van der Waals surface area contributed by atoms with Crippen LogP contribution in [-0.2, 0) is 17.9 Å². The number of hydrogen-bond acceptors (Lipinski definition) is 13. The fraction of sp³-hybridized carbons (Fsp3) is 0.382. The van der Waals surface area contributed by atoms with Gasteiger partial charge in [0.25, 0.3) is 0 Å². The number of nitrogens with two attached hydrogens (primary N) is 1. The summed E-state index contributed by atoms with van der Waals surface area (Å²) in [4.78, 5) is 25.6. The first-order chi connectivity index (χ1) is 22.1. The van der Waals surface area contributed by atoms with E-state index in [1.165, 1.54) is 26.1 Å². The fourth-order valence-electron chi connectivity index (χ4n) is 3.15. The van der Waals surface area contributed by atoms with Gasteiger partial charge in [-0.2, -0.15) is 0 Å². The zero-order valence-corrected chi connectivity index (χ0v) is 30.1. The summed E-state index contributed by atoms with van der Waals surface area (Å²) in [6.07, 6.45) is 16.3. The molecule has 0 aromatic carbocycles. The summed E-state index contributed by atoms with van der Waals surface area (Å²) in [5.41, 5.74) is 7.53. The predicted molar refractivity (Wildman–Crippen MR) is 191 cm³/mol. The summed E-state index contributed by atoms with van der Waals surface area (Å²) in [6.45, 7) is 2.44. The Hall–Kier alpha value is -3.63. The second-order valence-electron chi connectivity index (χ2n) is 8.18. The van der Waals surface area contributed by atoms with Crippen LogP contribution in [0.4, 0.5) is 0 Å². The maximum Gasteiger partial charge on any atom is 1.00 e. The molecule has 3 radical (unpaired) electrons. The van der Waals surface area contributed by atoms with E-state index in [9.17, 15) is 4.79 Å². The number of aliphatic hydroxyl groups is 2. The van der Waals surface area contributed by atoms with Gasteiger partial charge < -0.3 is 41.1 Å². The van der Waals surface area contributed by atoms with Gasteiger partial charge in [-0.05, 0) is 43.2 Å². The van der Waals surface area contributed by atoms with E-state index in [1.807, 2.05) is 0 Å². The molecule has 15 heteroatoms. The molecule has 13 nitrogen and oxygen atoms in total. The molecule has 0 aliphatic carbocycles. The molecule has 1 aliphatic rings. The predicted octanol–water partition coefficient (Wildman–Crippen LogP) is 1.54. The zero-order valence-electron chi connectivity index (χ0n) is 29.1. The summed E-state index contributed by atoms with van der Waals surface area (Å²) in [5.74, 6) is 2.89. The third-order valence-corrected chi connectivity index (χ3v) is 5.42. The number of carbonyl (C=O) groups is 1. The van der Waals surface area contributed by atoms with Crippen molar-refractivity contribution in [2.75, 3.05) is 48.8 Å². The summed E-state index contributed by atoms with van der Waals surface area (Å²) in [5, 5.41) is 15.7. The van der Waals surface area contributed by atoms with Crippen molar-refractivity contribution in [1.29, 1.82) is 0 Å². The summed E-state index contributed by atoms with van der Waals surface area (Å²) >= 11 is 0. The van der Waals surface area contributed by atoms with Crippen LogP contribution in [0.5, 0.6) is 23.0 Å². The number of aldehydes is 1. The van der Waals surface area contributed by atoms with Crippen LogP contribution >= 0.6 is 0 Å². The van der Waals surface area contributed by atoms with Crippen LogP contribution < -0.4 is 54.2 Å². The average Bonchev–Trinajstić information content (AvgIpc) is 3.74. The first kappa shape index (κ1) is 54.8. The van der Waals surface area contributed by atoms with Crippen LogP contribution in [0, 0.1) is 0 Å². The molecule has 49 heavy (non-hydrogen) atoms. The molecule has 0 bridgehead atoms. The van der Waals surface area contributed by atoms with Crippen molar-refractivity contribution in [2.24, 2.45) is 5.73 Å². The molecule has 4 aromatic heterocycles. The normalized spacial score (nSPS) is 9.63. The van der Waals surface area contributed by atoms with Crippen molar-refractivity contribution in [1.82, 2.24) is 19.9 Å². The Morgan fingerprint density at radius 1 is 0.735 bits per heavy atom. The molecule has 1 fully saturated rings. The molecule has 1 saturated heterocycles. The Labute approximate surface area is 318 Å². The molecule has 1 aliphatic heterocycles. The molecule has 0 unspecified atom stereocenters. The van der Waals surface area contributed by atoms with Gasteiger partial charge in [-0.15, -0.1) is 0 Å². The van der Waals surface area contributed by atoms with Crippen molar-refractivity contribution in [3.63, 3.8) is 0 Å². The van der Waals surface area contributed by atoms with Gasteiger partial charge in [-0.25, -0.2) is 0 Å². The fourth-order valence-corrected chi connectivity index (χ4v) is 3.15. The third kappa shape index (κ3) is 25.1. The number of rotatable bonds is 7. The topological polar surface area (TPSA) is 181 Å². The van der Waals surface area contributed by atoms with Gasteiger partial charge in [0.1, 0.15) is 23.0 Å². The molecule has 5 heterocycles. The number of pyridine rings is 4. The minimum absolute atomic E-state index is 0. The second-order valence-corrected chi connectivity index (χ2v) is 8.18. The molecule has 0 atom stereocenters. The van der Waals surface area contributed by atoms with Crippen molar-refractivity contribution >= 4 is 14.7 Å². The standard InChI is InChI=1S/C7H10N2O.C7H9NO2.C7H7NO2.C6H7NO.C4H8O.CH4O.2CH4.B.Na.H/c1-10-7-2-3-9-5-6(7)4-8;2*1-10-7-2-3-8-4-6(7)5-9;1-8-6-2-4-7-5-3-6;1-2-4-5-3-1;1-2;;;;;/h2-3,5H,4,8H2,1H3;2-4,9H,5H2,1H3;2-5H,1H3;2-5H,1H3;1-4H2;2H,1H3;2*1H4;;;/q;;;;;;;;;+1;-1. The summed E-state index contributed by atoms with van der Waals surface area (Å²) in [7, 11) is 7.33. The van der Waals surface area contributed by atoms with Crippen LogP contribution in [0.3, 0.4) is 0 Å². The van der Waals surface area contributed by atoms with Gasteiger partial charge in [-0.3, -0.25) is 24.7 Å². The van der Waals surface area contributed by atoms with E-state index in [0.29, 0.717) is 35.5 Å². The number of ether oxygens (including phenoxy) is 5. The number of aliphatic hydroxyl groups excluding tert-OH is 2. The Kier molecular flexibility index (Phi) is 43.4. The van der Waals surface area contributed by atoms with Gasteiger partial charge >= 0.3 is 29.6 Å². The van der Waals surface area contributed by atoms with E-state index in [0.717, 1.165) is 37.4 Å². The number of aromatic nitrogens is 4. The van der Waals surface area contributed by atoms with Crippen molar-refractivity contribution in [2.45, 2.75) is 40.8 Å². The monoisotopic (exact) mass is 694 g/mol. The minimum Gasteiger partial charge on any atom is -1.00 e. The van der Waals surface area contributed by atoms with Crippen LogP contribution in [0.1, 0.15) is 50.6 Å². The molecular weight excluding hydrogens is 640 g/mol. The Morgan fingerprint density at radius 3 is 1.47 bits per heavy atom. The van der Waals surface area contributed by atoms with E-state index >= 15 is 0 Å². The second kappa shape index (κ2) is 38.8. The molecule has 5 rings (SSSR count). The maximum absolute atomic E-state index is 10.3. The van der Waals surface area contributed by atoms with Gasteiger partial charge in [0.15, 0.2) is 6.29 Å². The smallest absolute Gasteiger partial charge is 1.00 e. The Morgan fingerprint density at radius 2 is 1.16 bits per heavy atom. The van der Waals surface area contributed by atoms with Gasteiger partial charge in [0.2, 0.25) is 0 Å². The van der Waals surface area contributed by atoms with Crippen LogP contribution in [0.15, 0.2) is 79.9 Å². The third-order valence-electron chi connectivity index (χ3n) is 5.42. The van der Waals surface area contributed by atoms with E-state index in [2.05, 4.69) is 19.9 Å². The molecule has 4 N–H and O–H groups in total. The Bertz CT molecular complexity index is 1190. The molecule has 4 aromatic rings. The quantitative estimate of drug-likeness (QED) is 0.187. The van der Waals surface area contributed by atoms with Gasteiger partial charge in [0, 0.05) is 96.0 Å².